The molecule has 0 fully saturated rings. The molecule has 20 heavy (non-hydrogen) atoms. The van der Waals surface area contributed by atoms with Crippen LogP contribution in [0.15, 0.2) is 60.9 Å². The Morgan fingerprint density at radius 3 is 1.80 bits per heavy atom. The molecular weight excluding hydrogens is 250 g/mol. The maximum absolute atomic E-state index is 10.1. The second-order valence-corrected chi connectivity index (χ2v) is 4.09. The lowest BCUT2D eigenvalue weighted by atomic mass is 10.0. The minimum atomic E-state index is -0.512. The molecule has 0 aromatic heterocycles. The summed E-state index contributed by atoms with van der Waals surface area (Å²) in [5, 5.41) is 10.1. The summed E-state index contributed by atoms with van der Waals surface area (Å²) in [6.45, 7) is 22.4. The van der Waals surface area contributed by atoms with Crippen molar-refractivity contribution in [3.05, 3.63) is 71.0 Å². The largest absolute Gasteiger partial charge is 0.262 e. The average Bonchev–Trinajstić information content (AvgIpc) is 2.38. The van der Waals surface area contributed by atoms with E-state index in [-0.39, 0.29) is 11.6 Å². The average molecular weight is 279 g/mol. The lowest BCUT2D eigenvalue weighted by molar-refractivity contribution is -0.418. The molecule has 1 unspecified atom stereocenters. The van der Waals surface area contributed by atoms with Crippen LogP contribution in [0.25, 0.3) is 0 Å². The predicted octanol–water partition coefficient (Wildman–Crippen LogP) is 5.71. The third-order valence-electron chi connectivity index (χ3n) is 2.04. The van der Waals surface area contributed by atoms with Crippen molar-refractivity contribution in [1.29, 1.82) is 0 Å². The first-order valence-electron chi connectivity index (χ1n) is 6.67. The monoisotopic (exact) mass is 279 g/mol. The molecule has 1 atom stereocenters. The first-order valence-corrected chi connectivity index (χ1v) is 6.67. The van der Waals surface area contributed by atoms with Gasteiger partial charge in [-0.05, 0) is 33.3 Å². The summed E-state index contributed by atoms with van der Waals surface area (Å²) in [6.07, 6.45) is 7.06. The third kappa shape index (κ3) is 18.5. The summed E-state index contributed by atoms with van der Waals surface area (Å²) in [4.78, 5) is 9.60. The van der Waals surface area contributed by atoms with E-state index >= 15 is 0 Å². The van der Waals surface area contributed by atoms with Crippen LogP contribution in [0.3, 0.4) is 0 Å². The maximum Gasteiger partial charge on any atom is 0.262 e. The molecule has 0 radical (unpaired) electrons. The normalized spacial score (nSPS) is 10.9. The number of allylic oxidation sites excluding steroid dienone is 6. The molecule has 0 aromatic rings. The van der Waals surface area contributed by atoms with E-state index in [4.69, 9.17) is 0 Å². The molecular formula is C17H29NO2. The van der Waals surface area contributed by atoms with Gasteiger partial charge in [0.15, 0.2) is 0 Å². The van der Waals surface area contributed by atoms with Crippen molar-refractivity contribution in [3.8, 4) is 0 Å². The van der Waals surface area contributed by atoms with Crippen LogP contribution in [0.2, 0.25) is 0 Å². The van der Waals surface area contributed by atoms with Gasteiger partial charge >= 0.3 is 0 Å². The van der Waals surface area contributed by atoms with Crippen molar-refractivity contribution >= 4 is 0 Å². The lowest BCUT2D eigenvalue weighted by Crippen LogP contribution is -1.95. The molecule has 0 aliphatic carbocycles. The highest BCUT2D eigenvalue weighted by Gasteiger charge is 2.02. The molecule has 0 N–H and O–H groups in total. The lowest BCUT2D eigenvalue weighted by Gasteiger charge is -2.02. The summed E-state index contributed by atoms with van der Waals surface area (Å²) in [5.74, 6) is 0.154. The summed E-state index contributed by atoms with van der Waals surface area (Å²) in [7, 11) is 0. The minimum Gasteiger partial charge on any atom is -0.258 e. The van der Waals surface area contributed by atoms with E-state index < -0.39 is 4.92 Å². The summed E-state index contributed by atoms with van der Waals surface area (Å²) in [6, 6.07) is 0. The Kier molecular flexibility index (Phi) is 17.6. The van der Waals surface area contributed by atoms with Crippen LogP contribution in [0.1, 0.15) is 41.5 Å². The Labute approximate surface area is 124 Å². The summed E-state index contributed by atoms with van der Waals surface area (Å²) >= 11 is 0. The molecule has 0 spiro atoms. The third-order valence-corrected chi connectivity index (χ3v) is 2.04. The first-order chi connectivity index (χ1) is 9.22. The van der Waals surface area contributed by atoms with E-state index in [0.717, 1.165) is 11.1 Å². The van der Waals surface area contributed by atoms with E-state index in [9.17, 15) is 10.1 Å². The molecule has 0 saturated carbocycles. The van der Waals surface area contributed by atoms with E-state index in [1.165, 1.54) is 6.08 Å². The summed E-state index contributed by atoms with van der Waals surface area (Å²) in [5.41, 5.74) is 1.99. The van der Waals surface area contributed by atoms with Crippen LogP contribution in [-0.4, -0.2) is 4.92 Å². The van der Waals surface area contributed by atoms with Crippen LogP contribution in [-0.2, 0) is 0 Å². The van der Waals surface area contributed by atoms with Gasteiger partial charge in [0.1, 0.15) is 0 Å². The topological polar surface area (TPSA) is 43.1 Å². The van der Waals surface area contributed by atoms with E-state index in [1.807, 2.05) is 53.7 Å². The van der Waals surface area contributed by atoms with Crippen molar-refractivity contribution < 1.29 is 4.92 Å². The second-order valence-electron chi connectivity index (χ2n) is 4.09. The molecule has 0 bridgehead atoms. The van der Waals surface area contributed by atoms with E-state index in [0.29, 0.717) is 0 Å². The second kappa shape index (κ2) is 15.2. The Morgan fingerprint density at radius 1 is 1.15 bits per heavy atom. The van der Waals surface area contributed by atoms with Gasteiger partial charge in [0.05, 0.1) is 4.92 Å². The van der Waals surface area contributed by atoms with Crippen molar-refractivity contribution in [2.75, 3.05) is 0 Å². The SMILES string of the molecule is C=C(C)/C=C\C.C=C(C)C(C)/C=C\C(=C)[N+](=O)[O-].CC. The predicted molar refractivity (Wildman–Crippen MR) is 90.2 cm³/mol. The van der Waals surface area contributed by atoms with Gasteiger partial charge in [0, 0.05) is 6.08 Å². The van der Waals surface area contributed by atoms with Gasteiger partial charge in [-0.15, -0.1) is 0 Å². The fourth-order valence-corrected chi connectivity index (χ4v) is 0.765. The van der Waals surface area contributed by atoms with Gasteiger partial charge < -0.3 is 0 Å². The molecule has 0 amide bonds. The van der Waals surface area contributed by atoms with Gasteiger partial charge in [-0.2, -0.15) is 0 Å². The van der Waals surface area contributed by atoms with Crippen molar-refractivity contribution in [3.63, 3.8) is 0 Å². The molecule has 3 heteroatoms. The van der Waals surface area contributed by atoms with E-state index in [1.54, 1.807) is 6.08 Å². The Bertz CT molecular complexity index is 376. The Balaban J connectivity index is -0.000000304. The maximum atomic E-state index is 10.1. The van der Waals surface area contributed by atoms with E-state index in [2.05, 4.69) is 19.7 Å². The van der Waals surface area contributed by atoms with Crippen LogP contribution >= 0.6 is 0 Å². The minimum absolute atomic E-state index is 0.0944. The van der Waals surface area contributed by atoms with Gasteiger partial charge in [0.25, 0.3) is 5.70 Å². The fourth-order valence-electron chi connectivity index (χ4n) is 0.765. The standard InChI is InChI=1S/C9H13NO2.C6H10.C2H6/c1-7(2)8(3)5-6-9(4)10(11)12;1-4-5-6(2)3;1-2/h5-6,8H,1,4H2,2-3H3;4-5H,2H2,1,3H3;1-2H3/b6-5-;5-4-;. The fraction of sp³-hybridized carbons (Fsp3) is 0.412. The highest BCUT2D eigenvalue weighted by molar-refractivity contribution is 5.12. The van der Waals surface area contributed by atoms with Gasteiger partial charge in [-0.1, -0.05) is 63.3 Å². The van der Waals surface area contributed by atoms with Crippen molar-refractivity contribution in [2.45, 2.75) is 41.5 Å². The molecule has 3 nitrogen and oxygen atoms in total. The first kappa shape index (κ1) is 23.2. The summed E-state index contributed by atoms with van der Waals surface area (Å²) < 4.78 is 0. The number of rotatable bonds is 5. The van der Waals surface area contributed by atoms with Crippen LogP contribution < -0.4 is 0 Å². The number of hydrogen-bond acceptors (Lipinski definition) is 2. The Hall–Kier alpha value is -1.90. The van der Waals surface area contributed by atoms with Crippen LogP contribution in [0.4, 0.5) is 0 Å². The molecule has 0 aliphatic rings. The molecule has 0 aromatic carbocycles. The molecule has 0 rings (SSSR count). The van der Waals surface area contributed by atoms with Crippen molar-refractivity contribution in [1.82, 2.24) is 0 Å². The zero-order valence-electron chi connectivity index (χ0n) is 13.8. The van der Waals surface area contributed by atoms with Crippen LogP contribution in [0, 0.1) is 16.0 Å². The molecule has 0 heterocycles. The van der Waals surface area contributed by atoms with Gasteiger partial charge in [-0.25, -0.2) is 0 Å². The highest BCUT2D eigenvalue weighted by atomic mass is 16.6. The Morgan fingerprint density at radius 2 is 1.60 bits per heavy atom. The highest BCUT2D eigenvalue weighted by Crippen LogP contribution is 2.09. The number of nitro groups is 1. The zero-order chi connectivity index (χ0) is 16.7. The van der Waals surface area contributed by atoms with Gasteiger partial charge in [0.2, 0.25) is 0 Å². The smallest absolute Gasteiger partial charge is 0.258 e. The van der Waals surface area contributed by atoms with Crippen LogP contribution in [0.5, 0.6) is 0 Å². The number of nitrogens with zero attached hydrogens (tertiary/aromatic N) is 1. The molecule has 0 saturated heterocycles. The van der Waals surface area contributed by atoms with Crippen molar-refractivity contribution in [2.24, 2.45) is 5.92 Å². The molecule has 0 aliphatic heterocycles. The number of hydrogen-bond donors (Lipinski definition) is 0. The quantitative estimate of drug-likeness (QED) is 0.280. The van der Waals surface area contributed by atoms with Gasteiger partial charge in [-0.3, -0.25) is 10.1 Å². The zero-order valence-corrected chi connectivity index (χ0v) is 13.8. The molecule has 114 valence electrons.